The van der Waals surface area contributed by atoms with E-state index in [2.05, 4.69) is 16.6 Å². The van der Waals surface area contributed by atoms with Crippen LogP contribution in [0.3, 0.4) is 0 Å². The molecule has 19 heavy (non-hydrogen) atoms. The first-order chi connectivity index (χ1) is 9.01. The summed E-state index contributed by atoms with van der Waals surface area (Å²) < 4.78 is 33.5. The number of benzene rings is 1. The summed E-state index contributed by atoms with van der Waals surface area (Å²) in [5.41, 5.74) is 2.24. The summed E-state index contributed by atoms with van der Waals surface area (Å²) in [7, 11) is -4.36. The fraction of sp³-hybridized carbons (Fsp3) is 0.538. The number of hydrogen-bond acceptors (Lipinski definition) is 4. The molecule has 4 nitrogen and oxygen atoms in total. The van der Waals surface area contributed by atoms with Crippen molar-refractivity contribution in [2.24, 2.45) is 0 Å². The Hall–Kier alpha value is -0.560. The molecule has 1 aromatic rings. The van der Waals surface area contributed by atoms with Gasteiger partial charge >= 0.3 is 10.4 Å². The lowest BCUT2D eigenvalue weighted by Crippen LogP contribution is -1.97. The molecule has 0 spiro atoms. The molecule has 0 saturated carbocycles. The molecule has 0 unspecified atom stereocenters. The first kappa shape index (κ1) is 16.5. The normalized spacial score (nSPS) is 11.7. The van der Waals surface area contributed by atoms with Crippen molar-refractivity contribution in [1.29, 1.82) is 0 Å². The number of rotatable bonds is 9. The summed E-state index contributed by atoms with van der Waals surface area (Å²) in [6.45, 7) is 2.19. The van der Waals surface area contributed by atoms with Gasteiger partial charge in [-0.05, 0) is 24.0 Å². The van der Waals surface area contributed by atoms with E-state index in [1.165, 1.54) is 31.2 Å². The molecule has 108 valence electrons. The smallest absolute Gasteiger partial charge is 0.263 e. The lowest BCUT2D eigenvalue weighted by atomic mass is 10.0. The van der Waals surface area contributed by atoms with Gasteiger partial charge in [0.15, 0.2) is 0 Å². The standard InChI is InChI=1S/C13H20O4S2/c1-2-3-4-5-7-12-8-6-9-13(10-12)11-18-17-19(14,15)16/h6,8-10H,2-5,7,11H2,1H3,(H,14,15,16). The zero-order valence-electron chi connectivity index (χ0n) is 11.0. The third-order valence-electron chi connectivity index (χ3n) is 2.67. The molecule has 1 aromatic carbocycles. The highest BCUT2D eigenvalue weighted by Crippen LogP contribution is 2.17. The third kappa shape index (κ3) is 8.26. The van der Waals surface area contributed by atoms with E-state index in [0.29, 0.717) is 17.8 Å². The van der Waals surface area contributed by atoms with Crippen molar-refractivity contribution in [3.05, 3.63) is 35.4 Å². The average molecular weight is 304 g/mol. The van der Waals surface area contributed by atoms with Gasteiger partial charge < -0.3 is 0 Å². The largest absolute Gasteiger partial charge is 0.408 e. The maximum absolute atomic E-state index is 10.4. The molecule has 0 atom stereocenters. The van der Waals surface area contributed by atoms with Crippen molar-refractivity contribution in [2.75, 3.05) is 0 Å². The van der Waals surface area contributed by atoms with Gasteiger partial charge in [0, 0.05) is 17.8 Å². The predicted octanol–water partition coefficient (Wildman–Crippen LogP) is 3.78. The average Bonchev–Trinajstić information content (AvgIpc) is 2.34. The van der Waals surface area contributed by atoms with Crippen molar-refractivity contribution in [3.8, 4) is 0 Å². The molecule has 1 N–H and O–H groups in total. The van der Waals surface area contributed by atoms with Gasteiger partial charge in [-0.3, -0.25) is 4.55 Å². The predicted molar refractivity (Wildman–Crippen MR) is 78.2 cm³/mol. The third-order valence-corrected chi connectivity index (χ3v) is 4.19. The van der Waals surface area contributed by atoms with Gasteiger partial charge in [-0.2, -0.15) is 12.0 Å². The van der Waals surface area contributed by atoms with Crippen LogP contribution in [-0.4, -0.2) is 13.0 Å². The van der Waals surface area contributed by atoms with Crippen LogP contribution in [0.2, 0.25) is 0 Å². The first-order valence-electron chi connectivity index (χ1n) is 6.37. The van der Waals surface area contributed by atoms with Crippen LogP contribution >= 0.6 is 12.0 Å². The van der Waals surface area contributed by atoms with E-state index < -0.39 is 10.4 Å². The molecule has 0 aliphatic heterocycles. The molecule has 0 bridgehead atoms. The van der Waals surface area contributed by atoms with E-state index in [1.807, 2.05) is 18.2 Å². The molecular formula is C13H20O4S2. The van der Waals surface area contributed by atoms with Gasteiger partial charge in [-0.15, -0.1) is 0 Å². The molecule has 0 amide bonds. The van der Waals surface area contributed by atoms with E-state index in [1.54, 1.807) is 0 Å². The van der Waals surface area contributed by atoms with Crippen molar-refractivity contribution in [1.82, 2.24) is 0 Å². The van der Waals surface area contributed by atoms with E-state index >= 15 is 0 Å². The second-order valence-electron chi connectivity index (χ2n) is 4.39. The Morgan fingerprint density at radius 1 is 1.21 bits per heavy atom. The highest BCUT2D eigenvalue weighted by molar-refractivity contribution is 8.02. The van der Waals surface area contributed by atoms with E-state index in [-0.39, 0.29) is 0 Å². The quantitative estimate of drug-likeness (QED) is 0.427. The van der Waals surface area contributed by atoms with E-state index in [0.717, 1.165) is 12.0 Å². The summed E-state index contributed by atoms with van der Waals surface area (Å²) >= 11 is 0.716. The number of unbranched alkanes of at least 4 members (excludes halogenated alkanes) is 3. The van der Waals surface area contributed by atoms with Crippen LogP contribution < -0.4 is 0 Å². The van der Waals surface area contributed by atoms with Crippen LogP contribution in [0, 0.1) is 0 Å². The second-order valence-corrected chi connectivity index (χ2v) is 6.31. The van der Waals surface area contributed by atoms with Crippen molar-refractivity contribution in [3.63, 3.8) is 0 Å². The minimum absolute atomic E-state index is 0.391. The van der Waals surface area contributed by atoms with Gasteiger partial charge in [0.25, 0.3) is 0 Å². The van der Waals surface area contributed by atoms with E-state index in [4.69, 9.17) is 4.55 Å². The van der Waals surface area contributed by atoms with Crippen LogP contribution in [0.4, 0.5) is 0 Å². The maximum atomic E-state index is 10.4. The van der Waals surface area contributed by atoms with Crippen molar-refractivity contribution in [2.45, 2.75) is 44.8 Å². The number of aryl methyl sites for hydroxylation is 1. The molecule has 0 aliphatic carbocycles. The minimum atomic E-state index is -4.36. The van der Waals surface area contributed by atoms with Crippen LogP contribution in [0.5, 0.6) is 0 Å². The van der Waals surface area contributed by atoms with Crippen LogP contribution in [0.1, 0.15) is 43.7 Å². The summed E-state index contributed by atoms with van der Waals surface area (Å²) in [6.07, 6.45) is 5.94. The first-order valence-corrected chi connectivity index (χ1v) is 8.65. The lowest BCUT2D eigenvalue weighted by Gasteiger charge is -2.04. The zero-order chi connectivity index (χ0) is 14.1. The van der Waals surface area contributed by atoms with Gasteiger partial charge in [-0.25, -0.2) is 0 Å². The molecule has 6 heteroatoms. The van der Waals surface area contributed by atoms with Crippen molar-refractivity contribution >= 4 is 22.4 Å². The highest BCUT2D eigenvalue weighted by Gasteiger charge is 2.05. The Balaban J connectivity index is 2.39. The Kier molecular flexibility index (Phi) is 7.45. The van der Waals surface area contributed by atoms with Crippen LogP contribution in [0.25, 0.3) is 0 Å². The summed E-state index contributed by atoms with van der Waals surface area (Å²) in [5.74, 6) is 0.391. The molecule has 0 heterocycles. The SMILES string of the molecule is CCCCCCc1cccc(CSOS(=O)(=O)O)c1. The summed E-state index contributed by atoms with van der Waals surface area (Å²) in [6, 6.07) is 7.99. The number of hydrogen-bond donors (Lipinski definition) is 1. The molecular weight excluding hydrogens is 284 g/mol. The Labute approximate surface area is 119 Å². The fourth-order valence-electron chi connectivity index (χ4n) is 1.78. The molecule has 0 fully saturated rings. The topological polar surface area (TPSA) is 63.6 Å². The Bertz CT molecular complexity index is 471. The summed E-state index contributed by atoms with van der Waals surface area (Å²) in [4.78, 5) is 0. The van der Waals surface area contributed by atoms with E-state index in [9.17, 15) is 8.42 Å². The fourth-order valence-corrected chi connectivity index (χ4v) is 2.78. The van der Waals surface area contributed by atoms with Crippen LogP contribution in [0.15, 0.2) is 24.3 Å². The molecule has 0 saturated heterocycles. The molecule has 0 aliphatic rings. The molecule has 1 rings (SSSR count). The summed E-state index contributed by atoms with van der Waals surface area (Å²) in [5, 5.41) is 0. The van der Waals surface area contributed by atoms with Gasteiger partial charge in [0.05, 0.1) is 0 Å². The van der Waals surface area contributed by atoms with Gasteiger partial charge in [0.1, 0.15) is 0 Å². The second kappa shape index (κ2) is 8.58. The minimum Gasteiger partial charge on any atom is -0.263 e. The maximum Gasteiger partial charge on any atom is 0.408 e. The molecule has 0 radical (unpaired) electrons. The zero-order valence-corrected chi connectivity index (χ0v) is 12.7. The van der Waals surface area contributed by atoms with Gasteiger partial charge in [0.2, 0.25) is 0 Å². The Morgan fingerprint density at radius 3 is 2.63 bits per heavy atom. The van der Waals surface area contributed by atoms with Crippen molar-refractivity contribution < 1.29 is 16.6 Å². The lowest BCUT2D eigenvalue weighted by molar-refractivity contribution is 0.407. The Morgan fingerprint density at radius 2 is 1.95 bits per heavy atom. The molecule has 0 aromatic heterocycles. The van der Waals surface area contributed by atoms with Gasteiger partial charge in [-0.1, -0.05) is 50.5 Å². The monoisotopic (exact) mass is 304 g/mol. The highest BCUT2D eigenvalue weighted by atomic mass is 32.3. The van der Waals surface area contributed by atoms with Crippen LogP contribution in [-0.2, 0) is 26.2 Å².